The smallest absolute Gasteiger partial charge is 0.134 e. The fourth-order valence-corrected chi connectivity index (χ4v) is 2.23. The standard InChI is InChI=1S/C18H18N4O/c1-3-17-21-16(13-6-4-8-15(10-13)23-2)11-18(22-17)20-14-7-5-9-19-12-14/h4-12H,3H2,1-2H3,(H,20,21,22). The molecule has 5 heteroatoms. The molecule has 2 heterocycles. The largest absolute Gasteiger partial charge is 0.497 e. The minimum atomic E-state index is 0.752. The van der Waals surface area contributed by atoms with Crippen LogP contribution in [0.3, 0.4) is 0 Å². The number of ether oxygens (including phenoxy) is 1. The topological polar surface area (TPSA) is 59.9 Å². The highest BCUT2D eigenvalue weighted by atomic mass is 16.5. The molecule has 116 valence electrons. The van der Waals surface area contributed by atoms with E-state index in [2.05, 4.69) is 20.3 Å². The van der Waals surface area contributed by atoms with E-state index < -0.39 is 0 Å². The lowest BCUT2D eigenvalue weighted by atomic mass is 10.1. The summed E-state index contributed by atoms with van der Waals surface area (Å²) in [5, 5.41) is 3.27. The highest BCUT2D eigenvalue weighted by Crippen LogP contribution is 2.25. The van der Waals surface area contributed by atoms with Gasteiger partial charge in [-0.25, -0.2) is 9.97 Å². The van der Waals surface area contributed by atoms with Crippen molar-refractivity contribution in [2.75, 3.05) is 12.4 Å². The summed E-state index contributed by atoms with van der Waals surface area (Å²) in [5.41, 5.74) is 2.75. The first-order valence-electron chi connectivity index (χ1n) is 7.48. The quantitative estimate of drug-likeness (QED) is 0.775. The van der Waals surface area contributed by atoms with E-state index in [9.17, 15) is 0 Å². The fraction of sp³-hybridized carbons (Fsp3) is 0.167. The Bertz CT molecular complexity index is 790. The number of rotatable bonds is 5. The van der Waals surface area contributed by atoms with Gasteiger partial charge in [-0.05, 0) is 24.3 Å². The zero-order valence-electron chi connectivity index (χ0n) is 13.2. The molecule has 0 radical (unpaired) electrons. The molecule has 0 fully saturated rings. The van der Waals surface area contributed by atoms with Crippen LogP contribution in [0.1, 0.15) is 12.7 Å². The maximum absolute atomic E-state index is 5.29. The van der Waals surface area contributed by atoms with E-state index in [0.717, 1.165) is 40.8 Å². The highest BCUT2D eigenvalue weighted by molar-refractivity contribution is 5.66. The van der Waals surface area contributed by atoms with Gasteiger partial charge in [0.1, 0.15) is 17.4 Å². The van der Waals surface area contributed by atoms with Gasteiger partial charge in [0.15, 0.2) is 0 Å². The van der Waals surface area contributed by atoms with Gasteiger partial charge in [-0.3, -0.25) is 4.98 Å². The lowest BCUT2D eigenvalue weighted by Gasteiger charge is -2.10. The average molecular weight is 306 g/mol. The van der Waals surface area contributed by atoms with Crippen molar-refractivity contribution in [1.29, 1.82) is 0 Å². The molecule has 0 spiro atoms. The third-order valence-electron chi connectivity index (χ3n) is 3.39. The summed E-state index contributed by atoms with van der Waals surface area (Å²) in [6.07, 6.45) is 4.27. The molecule has 1 aromatic carbocycles. The molecule has 2 aromatic heterocycles. The van der Waals surface area contributed by atoms with Crippen LogP contribution in [0.5, 0.6) is 5.75 Å². The summed E-state index contributed by atoms with van der Waals surface area (Å²) in [6, 6.07) is 13.6. The zero-order valence-corrected chi connectivity index (χ0v) is 13.2. The first kappa shape index (κ1) is 15.0. The van der Waals surface area contributed by atoms with Gasteiger partial charge >= 0.3 is 0 Å². The van der Waals surface area contributed by atoms with Crippen LogP contribution in [0.15, 0.2) is 54.9 Å². The van der Waals surface area contributed by atoms with E-state index >= 15 is 0 Å². The monoisotopic (exact) mass is 306 g/mol. The minimum Gasteiger partial charge on any atom is -0.497 e. The zero-order chi connectivity index (χ0) is 16.1. The SMILES string of the molecule is CCc1nc(Nc2cccnc2)cc(-c2cccc(OC)c2)n1. The van der Waals surface area contributed by atoms with E-state index in [-0.39, 0.29) is 0 Å². The van der Waals surface area contributed by atoms with Crippen LogP contribution in [0.2, 0.25) is 0 Å². The second kappa shape index (κ2) is 6.87. The Morgan fingerprint density at radius 1 is 1.09 bits per heavy atom. The van der Waals surface area contributed by atoms with Crippen molar-refractivity contribution in [1.82, 2.24) is 15.0 Å². The number of methoxy groups -OCH3 is 1. The third-order valence-corrected chi connectivity index (χ3v) is 3.39. The summed E-state index contributed by atoms with van der Waals surface area (Å²) in [7, 11) is 1.66. The first-order valence-corrected chi connectivity index (χ1v) is 7.48. The van der Waals surface area contributed by atoms with E-state index in [1.807, 2.05) is 49.4 Å². The molecule has 0 bridgehead atoms. The summed E-state index contributed by atoms with van der Waals surface area (Å²) < 4.78 is 5.29. The van der Waals surface area contributed by atoms with Crippen molar-refractivity contribution < 1.29 is 4.74 Å². The molecule has 3 aromatic rings. The molecule has 0 aliphatic carbocycles. The van der Waals surface area contributed by atoms with Crippen molar-refractivity contribution in [2.45, 2.75) is 13.3 Å². The van der Waals surface area contributed by atoms with Crippen LogP contribution in [0.25, 0.3) is 11.3 Å². The van der Waals surface area contributed by atoms with Gasteiger partial charge in [-0.1, -0.05) is 19.1 Å². The van der Waals surface area contributed by atoms with Crippen LogP contribution in [0.4, 0.5) is 11.5 Å². The lowest BCUT2D eigenvalue weighted by Crippen LogP contribution is -2.01. The predicted octanol–water partition coefficient (Wildman–Crippen LogP) is 3.85. The Kier molecular flexibility index (Phi) is 4.47. The summed E-state index contributed by atoms with van der Waals surface area (Å²) in [4.78, 5) is 13.3. The molecule has 0 aliphatic rings. The van der Waals surface area contributed by atoms with Crippen molar-refractivity contribution in [3.8, 4) is 17.0 Å². The van der Waals surface area contributed by atoms with Gasteiger partial charge in [0.25, 0.3) is 0 Å². The van der Waals surface area contributed by atoms with E-state index in [0.29, 0.717) is 0 Å². The summed E-state index contributed by atoms with van der Waals surface area (Å²) in [6.45, 7) is 2.04. The van der Waals surface area contributed by atoms with Gasteiger partial charge in [-0.2, -0.15) is 0 Å². The van der Waals surface area contributed by atoms with Gasteiger partial charge in [0, 0.05) is 24.2 Å². The normalized spacial score (nSPS) is 10.3. The van der Waals surface area contributed by atoms with Gasteiger partial charge in [0.2, 0.25) is 0 Å². The van der Waals surface area contributed by atoms with Crippen LogP contribution in [0, 0.1) is 0 Å². The third kappa shape index (κ3) is 3.63. The number of aromatic nitrogens is 3. The maximum atomic E-state index is 5.29. The summed E-state index contributed by atoms with van der Waals surface area (Å²) in [5.74, 6) is 2.35. The molecule has 0 aliphatic heterocycles. The minimum absolute atomic E-state index is 0.752. The number of benzene rings is 1. The van der Waals surface area contributed by atoms with Crippen LogP contribution in [-0.4, -0.2) is 22.1 Å². The van der Waals surface area contributed by atoms with Gasteiger partial charge in [0.05, 0.1) is 24.7 Å². The number of hydrogen-bond acceptors (Lipinski definition) is 5. The van der Waals surface area contributed by atoms with Crippen LogP contribution < -0.4 is 10.1 Å². The molecule has 5 nitrogen and oxygen atoms in total. The van der Waals surface area contributed by atoms with Crippen molar-refractivity contribution in [2.24, 2.45) is 0 Å². The molecule has 0 unspecified atom stereocenters. The van der Waals surface area contributed by atoms with E-state index in [1.54, 1.807) is 19.5 Å². The Labute approximate surface area is 135 Å². The maximum Gasteiger partial charge on any atom is 0.134 e. The van der Waals surface area contributed by atoms with Gasteiger partial charge in [-0.15, -0.1) is 0 Å². The molecule has 0 atom stereocenters. The fourth-order valence-electron chi connectivity index (χ4n) is 2.23. The number of nitrogens with zero attached hydrogens (tertiary/aromatic N) is 3. The first-order chi connectivity index (χ1) is 11.3. The summed E-state index contributed by atoms with van der Waals surface area (Å²) >= 11 is 0. The molecular weight excluding hydrogens is 288 g/mol. The Morgan fingerprint density at radius 3 is 2.74 bits per heavy atom. The average Bonchev–Trinajstić information content (AvgIpc) is 2.62. The predicted molar refractivity (Wildman–Crippen MR) is 90.9 cm³/mol. The van der Waals surface area contributed by atoms with Crippen molar-refractivity contribution in [3.63, 3.8) is 0 Å². The Balaban J connectivity index is 1.98. The second-order valence-corrected chi connectivity index (χ2v) is 5.01. The molecule has 1 N–H and O–H groups in total. The molecule has 3 rings (SSSR count). The van der Waals surface area contributed by atoms with E-state index in [1.165, 1.54) is 0 Å². The molecule has 0 saturated carbocycles. The Hall–Kier alpha value is -2.95. The van der Waals surface area contributed by atoms with Crippen LogP contribution >= 0.6 is 0 Å². The number of hydrogen-bond donors (Lipinski definition) is 1. The molecule has 0 amide bonds. The molecule has 0 saturated heterocycles. The highest BCUT2D eigenvalue weighted by Gasteiger charge is 2.07. The van der Waals surface area contributed by atoms with Crippen LogP contribution in [-0.2, 0) is 6.42 Å². The van der Waals surface area contributed by atoms with Gasteiger partial charge < -0.3 is 10.1 Å². The molecule has 23 heavy (non-hydrogen) atoms. The molecular formula is C18H18N4O. The number of nitrogens with one attached hydrogen (secondary N) is 1. The van der Waals surface area contributed by atoms with Crippen molar-refractivity contribution in [3.05, 3.63) is 60.7 Å². The number of anilines is 2. The number of aryl methyl sites for hydroxylation is 1. The van der Waals surface area contributed by atoms with Crippen molar-refractivity contribution >= 4 is 11.5 Å². The lowest BCUT2D eigenvalue weighted by molar-refractivity contribution is 0.415. The van der Waals surface area contributed by atoms with E-state index in [4.69, 9.17) is 4.74 Å². The second-order valence-electron chi connectivity index (χ2n) is 5.01. The number of pyridine rings is 1. The Morgan fingerprint density at radius 2 is 2.00 bits per heavy atom.